The molecule has 1 aliphatic heterocycles. The van der Waals surface area contributed by atoms with Crippen molar-refractivity contribution in [2.24, 2.45) is 0 Å². The predicted molar refractivity (Wildman–Crippen MR) is 146 cm³/mol. The van der Waals surface area contributed by atoms with Crippen molar-refractivity contribution in [2.45, 2.75) is 30.5 Å². The molecule has 1 saturated heterocycles. The number of hydrogen-bond acceptors (Lipinski definition) is 6. The maximum atomic E-state index is 12.7. The van der Waals surface area contributed by atoms with E-state index in [0.717, 1.165) is 34.5 Å². The molecule has 6 nitrogen and oxygen atoms in total. The quantitative estimate of drug-likeness (QED) is 0.410. The Morgan fingerprint density at radius 3 is 2.43 bits per heavy atom. The number of carbonyl (C=O) groups is 2. The van der Waals surface area contributed by atoms with E-state index in [1.807, 2.05) is 29.2 Å². The number of hydrogen-bond donors (Lipinski definition) is 1. The third-order valence-corrected chi connectivity index (χ3v) is 7.99. The molecule has 1 aromatic heterocycles. The SMILES string of the molecule is CC(C)(C)c1csc(SCC(=O)Nc2ccc(N3CCN(C(=O)c4cccc(Cl)c4)CC3)cc2)n1. The normalized spacial score (nSPS) is 14.2. The molecule has 2 amide bonds. The Bertz CT molecular complexity index is 1180. The number of halogens is 1. The largest absolute Gasteiger partial charge is 0.368 e. The Hall–Kier alpha value is -2.55. The van der Waals surface area contributed by atoms with E-state index in [1.54, 1.807) is 35.6 Å². The van der Waals surface area contributed by atoms with Crippen LogP contribution >= 0.6 is 34.7 Å². The second-order valence-corrected chi connectivity index (χ2v) is 11.9. The smallest absolute Gasteiger partial charge is 0.254 e. The highest BCUT2D eigenvalue weighted by Gasteiger charge is 2.22. The fourth-order valence-electron chi connectivity index (χ4n) is 3.72. The van der Waals surface area contributed by atoms with Gasteiger partial charge in [0.15, 0.2) is 4.34 Å². The molecule has 9 heteroatoms. The molecule has 0 radical (unpaired) electrons. The molecule has 0 saturated carbocycles. The van der Waals surface area contributed by atoms with E-state index in [1.165, 1.54) is 11.8 Å². The van der Waals surface area contributed by atoms with E-state index in [4.69, 9.17) is 11.6 Å². The monoisotopic (exact) mass is 528 g/mol. The number of amides is 2. The first-order chi connectivity index (χ1) is 16.7. The zero-order valence-corrected chi connectivity index (χ0v) is 22.5. The molecule has 184 valence electrons. The van der Waals surface area contributed by atoms with E-state index in [-0.39, 0.29) is 17.2 Å². The van der Waals surface area contributed by atoms with Gasteiger partial charge in [-0.05, 0) is 42.5 Å². The first-order valence-corrected chi connectivity index (χ1v) is 13.7. The molecule has 0 atom stereocenters. The zero-order valence-electron chi connectivity index (χ0n) is 20.1. The lowest BCUT2D eigenvalue weighted by Gasteiger charge is -2.36. The van der Waals surface area contributed by atoms with Crippen molar-refractivity contribution >= 4 is 57.9 Å². The number of anilines is 2. The minimum atomic E-state index is -0.0524. The second kappa shape index (κ2) is 11.0. The number of thiazole rings is 1. The van der Waals surface area contributed by atoms with Gasteiger partial charge in [-0.1, -0.05) is 50.2 Å². The van der Waals surface area contributed by atoms with E-state index < -0.39 is 0 Å². The number of thioether (sulfide) groups is 1. The van der Waals surface area contributed by atoms with Gasteiger partial charge < -0.3 is 15.1 Å². The molecule has 0 aliphatic carbocycles. The number of piperazine rings is 1. The highest BCUT2D eigenvalue weighted by atomic mass is 35.5. The standard InChI is InChI=1S/C26H29ClN4O2S2/c1-26(2,3)22-16-34-25(29-22)35-17-23(32)28-20-7-9-21(10-8-20)30-11-13-31(14-12-30)24(33)18-5-4-6-19(27)15-18/h4-10,15-16H,11-14,17H2,1-3H3,(H,28,32). The summed E-state index contributed by atoms with van der Waals surface area (Å²) < 4.78 is 0.911. The average Bonchev–Trinajstić information content (AvgIpc) is 3.33. The Morgan fingerprint density at radius 1 is 1.09 bits per heavy atom. The number of nitrogens with one attached hydrogen (secondary N) is 1. The summed E-state index contributed by atoms with van der Waals surface area (Å²) in [6, 6.07) is 14.9. The number of benzene rings is 2. The van der Waals surface area contributed by atoms with Crippen molar-refractivity contribution in [1.82, 2.24) is 9.88 Å². The lowest BCUT2D eigenvalue weighted by molar-refractivity contribution is -0.113. The lowest BCUT2D eigenvalue weighted by Crippen LogP contribution is -2.48. The molecule has 1 fully saturated rings. The third kappa shape index (κ3) is 6.78. The highest BCUT2D eigenvalue weighted by Crippen LogP contribution is 2.29. The number of rotatable bonds is 6. The molecular weight excluding hydrogens is 500 g/mol. The van der Waals surface area contributed by atoms with Crippen molar-refractivity contribution in [3.05, 3.63) is 70.2 Å². The minimum Gasteiger partial charge on any atom is -0.368 e. The van der Waals surface area contributed by atoms with Crippen molar-refractivity contribution in [1.29, 1.82) is 0 Å². The lowest BCUT2D eigenvalue weighted by atomic mass is 9.93. The molecule has 0 spiro atoms. The predicted octanol–water partition coefficient (Wildman–Crippen LogP) is 5.79. The molecule has 35 heavy (non-hydrogen) atoms. The molecule has 0 bridgehead atoms. The Labute approximate surface area is 219 Å². The van der Waals surface area contributed by atoms with Crippen LogP contribution in [0.5, 0.6) is 0 Å². The summed E-state index contributed by atoms with van der Waals surface area (Å²) in [6.45, 7) is 9.19. The minimum absolute atomic E-state index is 0.00968. The van der Waals surface area contributed by atoms with Gasteiger partial charge in [0.2, 0.25) is 5.91 Å². The summed E-state index contributed by atoms with van der Waals surface area (Å²) in [5.41, 5.74) is 3.52. The van der Waals surface area contributed by atoms with Crippen LogP contribution in [0.15, 0.2) is 58.3 Å². The highest BCUT2D eigenvalue weighted by molar-refractivity contribution is 8.01. The first-order valence-electron chi connectivity index (χ1n) is 11.5. The van der Waals surface area contributed by atoms with Crippen LogP contribution in [0.2, 0.25) is 5.02 Å². The summed E-state index contributed by atoms with van der Waals surface area (Å²) in [7, 11) is 0. The van der Waals surface area contributed by atoms with Gasteiger partial charge in [0.1, 0.15) is 0 Å². The summed E-state index contributed by atoms with van der Waals surface area (Å²) in [4.78, 5) is 33.9. The molecule has 0 unspecified atom stereocenters. The molecule has 4 rings (SSSR count). The van der Waals surface area contributed by atoms with Crippen LogP contribution in [0.4, 0.5) is 11.4 Å². The molecule has 2 heterocycles. The van der Waals surface area contributed by atoms with Gasteiger partial charge in [-0.15, -0.1) is 11.3 Å². The number of nitrogens with zero attached hydrogens (tertiary/aromatic N) is 3. The van der Waals surface area contributed by atoms with Gasteiger partial charge in [-0.25, -0.2) is 4.98 Å². The molecule has 1 N–H and O–H groups in total. The molecule has 2 aromatic carbocycles. The summed E-state index contributed by atoms with van der Waals surface area (Å²) >= 11 is 9.07. The van der Waals surface area contributed by atoms with Gasteiger partial charge in [0.05, 0.1) is 11.4 Å². The molecule has 3 aromatic rings. The van der Waals surface area contributed by atoms with Crippen molar-refractivity contribution < 1.29 is 9.59 Å². The zero-order chi connectivity index (χ0) is 25.0. The van der Waals surface area contributed by atoms with Crippen LogP contribution < -0.4 is 10.2 Å². The van der Waals surface area contributed by atoms with Crippen LogP contribution in [0, 0.1) is 0 Å². The van der Waals surface area contributed by atoms with Crippen LogP contribution in [-0.4, -0.2) is 53.6 Å². The van der Waals surface area contributed by atoms with E-state index in [2.05, 4.69) is 41.4 Å². The Morgan fingerprint density at radius 2 is 1.80 bits per heavy atom. The summed E-state index contributed by atoms with van der Waals surface area (Å²) in [5.74, 6) is 0.278. The van der Waals surface area contributed by atoms with Gasteiger partial charge >= 0.3 is 0 Å². The van der Waals surface area contributed by atoms with Gasteiger partial charge in [-0.2, -0.15) is 0 Å². The summed E-state index contributed by atoms with van der Waals surface area (Å²) in [5, 5.41) is 5.59. The fraction of sp³-hybridized carbons (Fsp3) is 0.346. The van der Waals surface area contributed by atoms with Crippen molar-refractivity contribution in [3.63, 3.8) is 0 Å². The van der Waals surface area contributed by atoms with E-state index in [9.17, 15) is 9.59 Å². The first kappa shape index (κ1) is 25.5. The maximum Gasteiger partial charge on any atom is 0.254 e. The molecule has 1 aliphatic rings. The van der Waals surface area contributed by atoms with Crippen molar-refractivity contribution in [3.8, 4) is 0 Å². The van der Waals surface area contributed by atoms with Gasteiger partial charge in [0, 0.05) is 58.9 Å². The third-order valence-electron chi connectivity index (χ3n) is 5.73. The average molecular weight is 529 g/mol. The number of carbonyl (C=O) groups excluding carboxylic acids is 2. The Balaban J connectivity index is 1.25. The van der Waals surface area contributed by atoms with Crippen LogP contribution in [0.1, 0.15) is 36.8 Å². The number of aromatic nitrogens is 1. The maximum absolute atomic E-state index is 12.7. The van der Waals surface area contributed by atoms with Crippen LogP contribution in [0.3, 0.4) is 0 Å². The Kier molecular flexibility index (Phi) is 8.04. The second-order valence-electron chi connectivity index (χ2n) is 9.42. The fourth-order valence-corrected chi connectivity index (χ4v) is 5.76. The van der Waals surface area contributed by atoms with Crippen LogP contribution in [-0.2, 0) is 10.2 Å². The topological polar surface area (TPSA) is 65.5 Å². The van der Waals surface area contributed by atoms with E-state index in [0.29, 0.717) is 29.4 Å². The van der Waals surface area contributed by atoms with E-state index >= 15 is 0 Å². The molecular formula is C26H29ClN4O2S2. The summed E-state index contributed by atoms with van der Waals surface area (Å²) in [6.07, 6.45) is 0. The van der Waals surface area contributed by atoms with Gasteiger partial charge in [0.25, 0.3) is 5.91 Å². The van der Waals surface area contributed by atoms with Crippen LogP contribution in [0.25, 0.3) is 0 Å². The van der Waals surface area contributed by atoms with Gasteiger partial charge in [-0.3, -0.25) is 9.59 Å². The van der Waals surface area contributed by atoms with Crippen molar-refractivity contribution in [2.75, 3.05) is 42.1 Å².